The van der Waals surface area contributed by atoms with Crippen molar-refractivity contribution in [2.75, 3.05) is 16.4 Å². The molecule has 1 aliphatic carbocycles. The van der Waals surface area contributed by atoms with Crippen molar-refractivity contribution in [2.24, 2.45) is 0 Å². The topological polar surface area (TPSA) is 111 Å². The zero-order valence-corrected chi connectivity index (χ0v) is 19.7. The number of aromatic nitrogens is 2. The standard InChI is InChI=1S/C28H25N5O3/c1-16-12-21-6-8-24(16)32-27(34)17-2-7-22(23(29)14-17)25-10-11-30-28(33-25)31-19-3-9-26(36-20-4-5-20)18(13-19)15-35-21/h2-3,6-14,20H,4-5,15,29H2,1H3,(H,32,34)(H,30,31,33). The van der Waals surface area contributed by atoms with Crippen LogP contribution in [0.3, 0.4) is 0 Å². The quantitative estimate of drug-likeness (QED) is 0.327. The first-order valence-corrected chi connectivity index (χ1v) is 11.9. The molecule has 1 fully saturated rings. The van der Waals surface area contributed by atoms with Gasteiger partial charge in [0.25, 0.3) is 5.91 Å². The van der Waals surface area contributed by atoms with E-state index in [4.69, 9.17) is 15.2 Å². The fourth-order valence-electron chi connectivity index (χ4n) is 4.11. The van der Waals surface area contributed by atoms with Crippen LogP contribution in [0.5, 0.6) is 11.5 Å². The van der Waals surface area contributed by atoms with Crippen molar-refractivity contribution < 1.29 is 14.3 Å². The van der Waals surface area contributed by atoms with Crippen LogP contribution in [-0.4, -0.2) is 22.0 Å². The van der Waals surface area contributed by atoms with Gasteiger partial charge in [-0.25, -0.2) is 9.97 Å². The van der Waals surface area contributed by atoms with Gasteiger partial charge in [0.2, 0.25) is 5.95 Å². The van der Waals surface area contributed by atoms with Gasteiger partial charge in [-0.3, -0.25) is 4.79 Å². The normalized spacial score (nSPS) is 14.6. The molecule has 0 radical (unpaired) electrons. The maximum Gasteiger partial charge on any atom is 0.255 e. The van der Waals surface area contributed by atoms with E-state index in [1.54, 1.807) is 30.5 Å². The number of benzene rings is 3. The highest BCUT2D eigenvalue weighted by Gasteiger charge is 2.25. The molecule has 4 N–H and O–H groups in total. The Kier molecular flexibility index (Phi) is 5.41. The Morgan fingerprint density at radius 2 is 1.92 bits per heavy atom. The molecule has 0 spiro atoms. The lowest BCUT2D eigenvalue weighted by atomic mass is 10.1. The molecule has 5 heterocycles. The van der Waals surface area contributed by atoms with Crippen LogP contribution in [0.1, 0.15) is 34.3 Å². The summed E-state index contributed by atoms with van der Waals surface area (Å²) in [5.74, 6) is 1.69. The van der Waals surface area contributed by atoms with Crippen LogP contribution in [-0.2, 0) is 6.61 Å². The van der Waals surface area contributed by atoms with E-state index in [-0.39, 0.29) is 12.0 Å². The first kappa shape index (κ1) is 21.9. The number of hydrogen-bond acceptors (Lipinski definition) is 7. The molecule has 8 bridgehead atoms. The molecule has 0 atom stereocenters. The fourth-order valence-corrected chi connectivity index (χ4v) is 4.11. The monoisotopic (exact) mass is 479 g/mol. The Morgan fingerprint density at radius 3 is 2.72 bits per heavy atom. The van der Waals surface area contributed by atoms with Crippen LogP contribution in [0, 0.1) is 6.92 Å². The number of anilines is 4. The minimum absolute atomic E-state index is 0.245. The number of ether oxygens (including phenoxy) is 2. The average Bonchev–Trinajstić information content (AvgIpc) is 3.69. The van der Waals surface area contributed by atoms with E-state index in [1.165, 1.54) is 0 Å². The zero-order chi connectivity index (χ0) is 24.6. The van der Waals surface area contributed by atoms with Crippen molar-refractivity contribution in [3.63, 3.8) is 0 Å². The number of carbonyl (C=O) groups excluding carboxylic acids is 1. The molecule has 0 unspecified atom stereocenters. The molecule has 1 amide bonds. The lowest BCUT2D eigenvalue weighted by Gasteiger charge is -2.15. The zero-order valence-electron chi connectivity index (χ0n) is 19.7. The van der Waals surface area contributed by atoms with Gasteiger partial charge < -0.3 is 25.8 Å². The van der Waals surface area contributed by atoms with Crippen LogP contribution in [0.15, 0.2) is 66.9 Å². The SMILES string of the molecule is Cc1cc2ccc1NC(=O)c1ccc(c(N)c1)-c1ccnc(n1)Nc1ccc(OC3CC3)c(c1)CO2. The molecule has 180 valence electrons. The molecule has 8 heteroatoms. The van der Waals surface area contributed by atoms with Crippen molar-refractivity contribution in [1.29, 1.82) is 0 Å². The number of hydrogen-bond donors (Lipinski definition) is 3. The first-order valence-electron chi connectivity index (χ1n) is 11.9. The molecule has 0 saturated heterocycles. The van der Waals surface area contributed by atoms with Gasteiger partial charge in [0.15, 0.2) is 0 Å². The van der Waals surface area contributed by atoms with Crippen molar-refractivity contribution in [1.82, 2.24) is 9.97 Å². The third kappa shape index (κ3) is 4.53. The van der Waals surface area contributed by atoms with Crippen molar-refractivity contribution in [3.05, 3.63) is 83.6 Å². The molecule has 3 aromatic carbocycles. The highest BCUT2D eigenvalue weighted by atomic mass is 16.5. The molecule has 4 aliphatic heterocycles. The summed E-state index contributed by atoms with van der Waals surface area (Å²) in [5.41, 5.74) is 11.9. The summed E-state index contributed by atoms with van der Waals surface area (Å²) >= 11 is 0. The summed E-state index contributed by atoms with van der Waals surface area (Å²) in [6.45, 7) is 2.25. The summed E-state index contributed by atoms with van der Waals surface area (Å²) < 4.78 is 12.2. The molecule has 4 aromatic rings. The summed E-state index contributed by atoms with van der Waals surface area (Å²) in [7, 11) is 0. The maximum absolute atomic E-state index is 12.9. The van der Waals surface area contributed by atoms with Gasteiger partial charge >= 0.3 is 0 Å². The Hall–Kier alpha value is -4.59. The van der Waals surface area contributed by atoms with Gasteiger partial charge in [-0.2, -0.15) is 0 Å². The molecule has 9 rings (SSSR count). The van der Waals surface area contributed by atoms with Crippen molar-refractivity contribution >= 4 is 28.9 Å². The highest BCUT2D eigenvalue weighted by Crippen LogP contribution is 2.33. The van der Waals surface area contributed by atoms with Crippen molar-refractivity contribution in [3.8, 4) is 22.8 Å². The van der Waals surface area contributed by atoms with Gasteiger partial charge in [-0.1, -0.05) is 0 Å². The Balaban J connectivity index is 1.43. The Labute approximate surface area is 208 Å². The second-order valence-corrected chi connectivity index (χ2v) is 9.05. The Bertz CT molecular complexity index is 1480. The molecular weight excluding hydrogens is 454 g/mol. The van der Waals surface area contributed by atoms with E-state index in [9.17, 15) is 4.79 Å². The largest absolute Gasteiger partial charge is 0.490 e. The third-order valence-electron chi connectivity index (χ3n) is 6.22. The lowest BCUT2D eigenvalue weighted by molar-refractivity contribution is 0.102. The fraction of sp³-hybridized carbons (Fsp3) is 0.179. The smallest absolute Gasteiger partial charge is 0.255 e. The molecule has 5 aliphatic rings. The second-order valence-electron chi connectivity index (χ2n) is 9.05. The molecular formula is C28H25N5O3. The average molecular weight is 480 g/mol. The van der Waals surface area contributed by atoms with E-state index in [1.807, 2.05) is 43.3 Å². The van der Waals surface area contributed by atoms with Gasteiger partial charge in [-0.05, 0) is 86.0 Å². The summed E-state index contributed by atoms with van der Waals surface area (Å²) in [5, 5.41) is 6.24. The van der Waals surface area contributed by atoms with Crippen LogP contribution in [0.25, 0.3) is 11.3 Å². The summed E-state index contributed by atoms with van der Waals surface area (Å²) in [6, 6.07) is 18.5. The van der Waals surface area contributed by atoms with Gasteiger partial charge in [-0.15, -0.1) is 0 Å². The van der Waals surface area contributed by atoms with E-state index in [0.717, 1.165) is 41.0 Å². The van der Waals surface area contributed by atoms with Gasteiger partial charge in [0.05, 0.1) is 11.8 Å². The van der Waals surface area contributed by atoms with Crippen LogP contribution >= 0.6 is 0 Å². The van der Waals surface area contributed by atoms with Crippen LogP contribution in [0.4, 0.5) is 23.0 Å². The number of nitrogens with zero attached hydrogens (tertiary/aromatic N) is 2. The van der Waals surface area contributed by atoms with Gasteiger partial charge in [0.1, 0.15) is 18.1 Å². The van der Waals surface area contributed by atoms with Gasteiger partial charge in [0, 0.05) is 39.9 Å². The van der Waals surface area contributed by atoms with E-state index in [0.29, 0.717) is 40.9 Å². The third-order valence-corrected chi connectivity index (χ3v) is 6.22. The predicted octanol–water partition coefficient (Wildman–Crippen LogP) is 5.46. The number of rotatable bonds is 2. The Morgan fingerprint density at radius 1 is 1.03 bits per heavy atom. The van der Waals surface area contributed by atoms with Crippen LogP contribution in [0.2, 0.25) is 0 Å². The molecule has 36 heavy (non-hydrogen) atoms. The maximum atomic E-state index is 12.9. The second kappa shape index (κ2) is 8.88. The minimum atomic E-state index is -0.245. The first-order chi connectivity index (χ1) is 17.5. The van der Waals surface area contributed by atoms with Crippen LogP contribution < -0.4 is 25.8 Å². The number of nitrogens with two attached hydrogens (primary N) is 1. The highest BCUT2D eigenvalue weighted by molar-refractivity contribution is 6.05. The number of amides is 1. The van der Waals surface area contributed by atoms with E-state index >= 15 is 0 Å². The summed E-state index contributed by atoms with van der Waals surface area (Å²) in [4.78, 5) is 21.9. The number of nitrogen functional groups attached to an aromatic ring is 1. The van der Waals surface area contributed by atoms with E-state index < -0.39 is 0 Å². The van der Waals surface area contributed by atoms with E-state index in [2.05, 4.69) is 20.6 Å². The molecule has 1 saturated carbocycles. The minimum Gasteiger partial charge on any atom is -0.490 e. The number of nitrogens with one attached hydrogen (secondary N) is 2. The summed E-state index contributed by atoms with van der Waals surface area (Å²) in [6.07, 6.45) is 4.07. The number of carbonyl (C=O) groups is 1. The van der Waals surface area contributed by atoms with Crippen molar-refractivity contribution in [2.45, 2.75) is 32.5 Å². The predicted molar refractivity (Wildman–Crippen MR) is 139 cm³/mol. The number of aryl methyl sites for hydroxylation is 1. The lowest BCUT2D eigenvalue weighted by Crippen LogP contribution is -2.13. The molecule has 1 aromatic heterocycles. The molecule has 8 nitrogen and oxygen atoms in total.